The average molecular weight is 329 g/mol. The summed E-state index contributed by atoms with van der Waals surface area (Å²) in [5.41, 5.74) is -1.27. The Kier molecular flexibility index (Phi) is 4.98. The van der Waals surface area contributed by atoms with Gasteiger partial charge in [-0.25, -0.2) is 8.78 Å². The van der Waals surface area contributed by atoms with E-state index in [0.29, 0.717) is 6.07 Å². The number of halogens is 5. The minimum Gasteiger partial charge on any atom is -0.352 e. The standard InChI is InChI=1S/C16H12F5NO/c17-12-6-5-11(13(8-12)16(19,20)21)9-22-15(23)7-10-3-1-2-4-14(10)18/h1-6,8H,7,9H2,(H,22,23). The molecule has 2 rings (SSSR count). The predicted molar refractivity (Wildman–Crippen MR) is 73.4 cm³/mol. The second-order valence-corrected chi connectivity index (χ2v) is 4.84. The lowest BCUT2D eigenvalue weighted by Gasteiger charge is -2.13. The van der Waals surface area contributed by atoms with Gasteiger partial charge in [-0.05, 0) is 29.3 Å². The maximum Gasteiger partial charge on any atom is 0.416 e. The molecule has 23 heavy (non-hydrogen) atoms. The van der Waals surface area contributed by atoms with Crippen molar-refractivity contribution in [1.29, 1.82) is 0 Å². The highest BCUT2D eigenvalue weighted by molar-refractivity contribution is 5.78. The van der Waals surface area contributed by atoms with Crippen LogP contribution in [0.5, 0.6) is 0 Å². The second-order valence-electron chi connectivity index (χ2n) is 4.84. The Labute approximate surface area is 128 Å². The van der Waals surface area contributed by atoms with Gasteiger partial charge in [0, 0.05) is 6.54 Å². The number of amides is 1. The smallest absolute Gasteiger partial charge is 0.352 e. The fourth-order valence-electron chi connectivity index (χ4n) is 2.04. The molecule has 0 bridgehead atoms. The molecule has 0 saturated heterocycles. The zero-order chi connectivity index (χ0) is 17.0. The van der Waals surface area contributed by atoms with Gasteiger partial charge in [0.15, 0.2) is 0 Å². The van der Waals surface area contributed by atoms with Gasteiger partial charge in [-0.15, -0.1) is 0 Å². The van der Waals surface area contributed by atoms with Crippen molar-refractivity contribution < 1.29 is 26.7 Å². The van der Waals surface area contributed by atoms with Gasteiger partial charge < -0.3 is 5.32 Å². The molecule has 2 nitrogen and oxygen atoms in total. The molecule has 0 atom stereocenters. The zero-order valence-corrected chi connectivity index (χ0v) is 11.8. The van der Waals surface area contributed by atoms with Crippen LogP contribution in [0.2, 0.25) is 0 Å². The normalized spacial score (nSPS) is 11.3. The van der Waals surface area contributed by atoms with E-state index in [9.17, 15) is 26.7 Å². The molecular formula is C16H12F5NO. The van der Waals surface area contributed by atoms with Crippen LogP contribution < -0.4 is 5.32 Å². The summed E-state index contributed by atoms with van der Waals surface area (Å²) in [5.74, 6) is -2.22. The Morgan fingerprint density at radius 1 is 1.00 bits per heavy atom. The van der Waals surface area contributed by atoms with Crippen LogP contribution >= 0.6 is 0 Å². The lowest BCUT2D eigenvalue weighted by atomic mass is 10.1. The van der Waals surface area contributed by atoms with Crippen LogP contribution in [0.15, 0.2) is 42.5 Å². The van der Waals surface area contributed by atoms with Crippen LogP contribution in [0, 0.1) is 11.6 Å². The van der Waals surface area contributed by atoms with E-state index < -0.39 is 35.8 Å². The van der Waals surface area contributed by atoms with Crippen molar-refractivity contribution >= 4 is 5.91 Å². The Balaban J connectivity index is 2.06. The number of hydrogen-bond donors (Lipinski definition) is 1. The molecule has 0 aliphatic heterocycles. The summed E-state index contributed by atoms with van der Waals surface area (Å²) in [7, 11) is 0. The van der Waals surface area contributed by atoms with E-state index in [0.717, 1.165) is 12.1 Å². The molecule has 0 saturated carbocycles. The SMILES string of the molecule is O=C(Cc1ccccc1F)NCc1ccc(F)cc1C(F)(F)F. The molecule has 122 valence electrons. The molecule has 7 heteroatoms. The maximum absolute atomic E-state index is 13.4. The monoisotopic (exact) mass is 329 g/mol. The van der Waals surface area contributed by atoms with Crippen LogP contribution in [0.4, 0.5) is 22.0 Å². The Hall–Kier alpha value is -2.44. The third-order valence-corrected chi connectivity index (χ3v) is 3.16. The van der Waals surface area contributed by atoms with E-state index >= 15 is 0 Å². The van der Waals surface area contributed by atoms with Crippen LogP contribution in [-0.4, -0.2) is 5.91 Å². The molecule has 0 aliphatic rings. The summed E-state index contributed by atoms with van der Waals surface area (Å²) in [6.07, 6.45) is -5.02. The van der Waals surface area contributed by atoms with Crippen molar-refractivity contribution in [3.63, 3.8) is 0 Å². The van der Waals surface area contributed by atoms with Gasteiger partial charge in [-0.3, -0.25) is 4.79 Å². The van der Waals surface area contributed by atoms with Crippen LogP contribution in [0.1, 0.15) is 16.7 Å². The minimum atomic E-state index is -4.73. The van der Waals surface area contributed by atoms with Gasteiger partial charge in [0.05, 0.1) is 12.0 Å². The highest BCUT2D eigenvalue weighted by Crippen LogP contribution is 2.32. The first kappa shape index (κ1) is 16.9. The molecule has 1 amide bonds. The molecule has 0 spiro atoms. The molecule has 0 aromatic heterocycles. The minimum absolute atomic E-state index is 0.139. The van der Waals surface area contributed by atoms with Gasteiger partial charge in [-0.2, -0.15) is 13.2 Å². The second kappa shape index (κ2) is 6.76. The first-order valence-electron chi connectivity index (χ1n) is 6.63. The first-order valence-corrected chi connectivity index (χ1v) is 6.63. The van der Waals surface area contributed by atoms with Gasteiger partial charge >= 0.3 is 6.18 Å². The summed E-state index contributed by atoms with van der Waals surface area (Å²) >= 11 is 0. The number of rotatable bonds is 4. The molecule has 0 aliphatic carbocycles. The van der Waals surface area contributed by atoms with Crippen molar-refractivity contribution in [1.82, 2.24) is 5.32 Å². The highest BCUT2D eigenvalue weighted by atomic mass is 19.4. The molecule has 0 unspecified atom stereocenters. The molecule has 2 aromatic rings. The summed E-state index contributed by atoms with van der Waals surface area (Å²) < 4.78 is 64.9. The van der Waals surface area contributed by atoms with Crippen LogP contribution in [-0.2, 0) is 23.9 Å². The average Bonchev–Trinajstić information content (AvgIpc) is 2.47. The summed E-state index contributed by atoms with van der Waals surface area (Å²) in [6, 6.07) is 7.82. The van der Waals surface area contributed by atoms with E-state index in [1.165, 1.54) is 18.2 Å². The molecule has 0 radical (unpaired) electrons. The fraction of sp³-hybridized carbons (Fsp3) is 0.188. The summed E-state index contributed by atoms with van der Waals surface area (Å²) in [5, 5.41) is 2.28. The molecule has 2 aromatic carbocycles. The van der Waals surface area contributed by atoms with Crippen molar-refractivity contribution in [2.75, 3.05) is 0 Å². The summed E-state index contributed by atoms with van der Waals surface area (Å²) in [4.78, 5) is 11.7. The van der Waals surface area contributed by atoms with Gasteiger partial charge in [0.1, 0.15) is 11.6 Å². The number of hydrogen-bond acceptors (Lipinski definition) is 1. The number of benzene rings is 2. The molecule has 1 N–H and O–H groups in total. The molecular weight excluding hydrogens is 317 g/mol. The van der Waals surface area contributed by atoms with E-state index in [4.69, 9.17) is 0 Å². The zero-order valence-electron chi connectivity index (χ0n) is 11.8. The number of carbonyl (C=O) groups excluding carboxylic acids is 1. The van der Waals surface area contributed by atoms with Crippen LogP contribution in [0.3, 0.4) is 0 Å². The Morgan fingerprint density at radius 3 is 2.35 bits per heavy atom. The Morgan fingerprint density at radius 2 is 1.70 bits per heavy atom. The number of alkyl halides is 3. The number of carbonyl (C=O) groups is 1. The van der Waals surface area contributed by atoms with Gasteiger partial charge in [-0.1, -0.05) is 24.3 Å². The van der Waals surface area contributed by atoms with E-state index in [2.05, 4.69) is 5.32 Å². The van der Waals surface area contributed by atoms with Crippen LogP contribution in [0.25, 0.3) is 0 Å². The third kappa shape index (κ3) is 4.51. The van der Waals surface area contributed by atoms with Crippen molar-refractivity contribution in [3.8, 4) is 0 Å². The highest BCUT2D eigenvalue weighted by Gasteiger charge is 2.33. The quantitative estimate of drug-likeness (QED) is 0.849. The van der Waals surface area contributed by atoms with Gasteiger partial charge in [0.2, 0.25) is 5.91 Å². The fourth-order valence-corrected chi connectivity index (χ4v) is 2.04. The number of nitrogens with one attached hydrogen (secondary N) is 1. The van der Waals surface area contributed by atoms with Crippen molar-refractivity contribution in [3.05, 3.63) is 70.8 Å². The first-order chi connectivity index (χ1) is 10.8. The van der Waals surface area contributed by atoms with E-state index in [1.54, 1.807) is 6.07 Å². The van der Waals surface area contributed by atoms with Crippen molar-refractivity contribution in [2.45, 2.75) is 19.1 Å². The topological polar surface area (TPSA) is 29.1 Å². The molecule has 0 heterocycles. The third-order valence-electron chi connectivity index (χ3n) is 3.16. The van der Waals surface area contributed by atoms with Crippen molar-refractivity contribution in [2.24, 2.45) is 0 Å². The van der Waals surface area contributed by atoms with Gasteiger partial charge in [0.25, 0.3) is 0 Å². The van der Waals surface area contributed by atoms with E-state index in [-0.39, 0.29) is 17.5 Å². The largest absolute Gasteiger partial charge is 0.416 e. The Bertz CT molecular complexity index is 712. The molecule has 0 fully saturated rings. The van der Waals surface area contributed by atoms with E-state index in [1.807, 2.05) is 0 Å². The predicted octanol–water partition coefficient (Wildman–Crippen LogP) is 3.84. The maximum atomic E-state index is 13.4. The summed E-state index contributed by atoms with van der Waals surface area (Å²) in [6.45, 7) is -0.428. The lowest BCUT2D eigenvalue weighted by molar-refractivity contribution is -0.138. The lowest BCUT2D eigenvalue weighted by Crippen LogP contribution is -2.26.